The van der Waals surface area contributed by atoms with Gasteiger partial charge in [0.15, 0.2) is 0 Å². The predicted molar refractivity (Wildman–Crippen MR) is 75.2 cm³/mol. The molecule has 0 N–H and O–H groups in total. The van der Waals surface area contributed by atoms with E-state index < -0.39 is 5.54 Å². The molecule has 1 aliphatic carbocycles. The molecule has 2 amide bonds. The highest BCUT2D eigenvalue weighted by Gasteiger charge is 2.51. The van der Waals surface area contributed by atoms with Crippen LogP contribution in [0.1, 0.15) is 32.1 Å². The molecule has 1 fully saturated rings. The molecule has 1 saturated carbocycles. The van der Waals surface area contributed by atoms with Crippen LogP contribution in [0, 0.1) is 11.3 Å². The summed E-state index contributed by atoms with van der Waals surface area (Å²) >= 11 is 2.92. The monoisotopic (exact) mass is 294 g/mol. The smallest absolute Gasteiger partial charge is 0.268 e. The zero-order valence-corrected chi connectivity index (χ0v) is 12.1. The molecule has 3 rings (SSSR count). The molecule has 0 bridgehead atoms. The SMILES string of the molecule is N#CC1(N2C(=O)C3=C(SCCS3)C2=O)CCCCC1. The van der Waals surface area contributed by atoms with Gasteiger partial charge in [-0.2, -0.15) is 5.26 Å². The minimum atomic E-state index is -0.898. The van der Waals surface area contributed by atoms with Gasteiger partial charge in [0.2, 0.25) is 0 Å². The van der Waals surface area contributed by atoms with E-state index in [1.165, 1.54) is 28.4 Å². The summed E-state index contributed by atoms with van der Waals surface area (Å²) in [7, 11) is 0. The lowest BCUT2D eigenvalue weighted by Crippen LogP contribution is -2.52. The van der Waals surface area contributed by atoms with Gasteiger partial charge < -0.3 is 0 Å². The highest BCUT2D eigenvalue weighted by Crippen LogP contribution is 2.45. The number of rotatable bonds is 1. The third-order valence-electron chi connectivity index (χ3n) is 3.89. The van der Waals surface area contributed by atoms with Crippen LogP contribution in [-0.4, -0.2) is 33.8 Å². The fraction of sp³-hybridized carbons (Fsp3) is 0.615. The molecule has 4 nitrogen and oxygen atoms in total. The number of carbonyl (C=O) groups is 2. The predicted octanol–water partition coefficient (Wildman–Crippen LogP) is 2.27. The Morgan fingerprint density at radius 3 is 2.00 bits per heavy atom. The van der Waals surface area contributed by atoms with Crippen molar-refractivity contribution in [3.63, 3.8) is 0 Å². The summed E-state index contributed by atoms with van der Waals surface area (Å²) in [5.74, 6) is 1.24. The minimum absolute atomic E-state index is 0.236. The number of imide groups is 1. The van der Waals surface area contributed by atoms with E-state index >= 15 is 0 Å². The lowest BCUT2D eigenvalue weighted by atomic mass is 9.81. The standard InChI is InChI=1S/C13H14N2O2S2/c14-8-13(4-2-1-3-5-13)15-11(16)9-10(12(15)17)19-7-6-18-9/h1-7H2. The van der Waals surface area contributed by atoms with Crippen molar-refractivity contribution < 1.29 is 9.59 Å². The van der Waals surface area contributed by atoms with E-state index in [2.05, 4.69) is 6.07 Å². The molecule has 2 aliphatic heterocycles. The van der Waals surface area contributed by atoms with Crippen molar-refractivity contribution in [1.82, 2.24) is 4.90 Å². The van der Waals surface area contributed by atoms with Gasteiger partial charge in [-0.05, 0) is 12.8 Å². The van der Waals surface area contributed by atoms with Gasteiger partial charge in [-0.3, -0.25) is 14.5 Å². The Morgan fingerprint density at radius 1 is 1.00 bits per heavy atom. The first kappa shape index (κ1) is 13.1. The van der Waals surface area contributed by atoms with Crippen LogP contribution >= 0.6 is 23.5 Å². The van der Waals surface area contributed by atoms with Crippen LogP contribution in [-0.2, 0) is 9.59 Å². The third kappa shape index (κ3) is 1.91. The summed E-state index contributed by atoms with van der Waals surface area (Å²) in [4.78, 5) is 27.4. The Hall–Kier alpha value is -0.930. The van der Waals surface area contributed by atoms with Gasteiger partial charge in [0.25, 0.3) is 11.8 Å². The lowest BCUT2D eigenvalue weighted by Gasteiger charge is -2.37. The average molecular weight is 294 g/mol. The molecule has 3 aliphatic rings. The first-order chi connectivity index (χ1) is 9.19. The van der Waals surface area contributed by atoms with Crippen LogP contribution < -0.4 is 0 Å². The van der Waals surface area contributed by atoms with Crippen LogP contribution in [0.25, 0.3) is 0 Å². The van der Waals surface area contributed by atoms with Crippen LogP contribution in [0.15, 0.2) is 9.81 Å². The molecule has 0 spiro atoms. The second kappa shape index (κ2) is 4.88. The second-order valence-corrected chi connectivity index (χ2v) is 7.22. The van der Waals surface area contributed by atoms with Crippen molar-refractivity contribution >= 4 is 35.3 Å². The summed E-state index contributed by atoms with van der Waals surface area (Å²) in [6, 6.07) is 2.27. The van der Waals surface area contributed by atoms with Gasteiger partial charge in [-0.25, -0.2) is 0 Å². The largest absolute Gasteiger partial charge is 0.269 e. The summed E-state index contributed by atoms with van der Waals surface area (Å²) in [6.45, 7) is 0. The van der Waals surface area contributed by atoms with Gasteiger partial charge in [-0.15, -0.1) is 23.5 Å². The fourth-order valence-electron chi connectivity index (χ4n) is 2.94. The number of nitrogens with zero attached hydrogens (tertiary/aromatic N) is 2. The van der Waals surface area contributed by atoms with E-state index in [9.17, 15) is 14.9 Å². The lowest BCUT2D eigenvalue weighted by molar-refractivity contribution is -0.143. The number of nitriles is 1. The number of thioether (sulfide) groups is 2. The van der Waals surface area contributed by atoms with Crippen LogP contribution in [0.3, 0.4) is 0 Å². The zero-order chi connectivity index (χ0) is 13.5. The van der Waals surface area contributed by atoms with E-state index in [0.717, 1.165) is 30.8 Å². The van der Waals surface area contributed by atoms with Crippen molar-refractivity contribution in [2.24, 2.45) is 0 Å². The molecule has 2 heterocycles. The van der Waals surface area contributed by atoms with E-state index in [1.54, 1.807) is 0 Å². The Kier molecular flexibility index (Phi) is 3.35. The molecular formula is C13H14N2O2S2. The van der Waals surface area contributed by atoms with E-state index in [-0.39, 0.29) is 11.8 Å². The maximum atomic E-state index is 12.5. The highest BCUT2D eigenvalue weighted by molar-refractivity contribution is 8.11. The van der Waals surface area contributed by atoms with Crippen molar-refractivity contribution in [3.05, 3.63) is 9.81 Å². The molecule has 0 atom stereocenters. The van der Waals surface area contributed by atoms with Crippen molar-refractivity contribution in [1.29, 1.82) is 5.26 Å². The molecule has 0 aromatic heterocycles. The van der Waals surface area contributed by atoms with Crippen LogP contribution in [0.2, 0.25) is 0 Å². The first-order valence-electron chi connectivity index (χ1n) is 6.50. The molecule has 0 radical (unpaired) electrons. The number of carbonyl (C=O) groups excluding carboxylic acids is 2. The maximum absolute atomic E-state index is 12.5. The van der Waals surface area contributed by atoms with Crippen molar-refractivity contribution in [3.8, 4) is 6.07 Å². The molecule has 0 aromatic carbocycles. The van der Waals surface area contributed by atoms with Gasteiger partial charge >= 0.3 is 0 Å². The van der Waals surface area contributed by atoms with Gasteiger partial charge in [0.1, 0.15) is 5.54 Å². The van der Waals surface area contributed by atoms with Gasteiger partial charge in [0.05, 0.1) is 15.9 Å². The van der Waals surface area contributed by atoms with Crippen molar-refractivity contribution in [2.45, 2.75) is 37.6 Å². The third-order valence-corrected chi connectivity index (χ3v) is 6.43. The first-order valence-corrected chi connectivity index (χ1v) is 8.47. The highest BCUT2D eigenvalue weighted by atomic mass is 32.2. The molecule has 100 valence electrons. The van der Waals surface area contributed by atoms with Gasteiger partial charge in [-0.1, -0.05) is 19.3 Å². The van der Waals surface area contributed by atoms with E-state index in [0.29, 0.717) is 22.7 Å². The normalized spacial score (nSPS) is 26.4. The Balaban J connectivity index is 1.97. The molecule has 0 saturated heterocycles. The molecule has 19 heavy (non-hydrogen) atoms. The Bertz CT molecular complexity index is 487. The topological polar surface area (TPSA) is 61.2 Å². The van der Waals surface area contributed by atoms with Gasteiger partial charge in [0, 0.05) is 11.5 Å². The summed E-state index contributed by atoms with van der Waals surface area (Å²) in [5.41, 5.74) is -0.898. The summed E-state index contributed by atoms with van der Waals surface area (Å²) < 4.78 is 0. The van der Waals surface area contributed by atoms with E-state index in [4.69, 9.17) is 0 Å². The molecular weight excluding hydrogens is 280 g/mol. The van der Waals surface area contributed by atoms with Crippen LogP contribution in [0.4, 0.5) is 0 Å². The van der Waals surface area contributed by atoms with Crippen molar-refractivity contribution in [2.75, 3.05) is 11.5 Å². The molecule has 6 heteroatoms. The molecule has 0 aromatic rings. The molecule has 0 unspecified atom stereocenters. The van der Waals surface area contributed by atoms with Crippen LogP contribution in [0.5, 0.6) is 0 Å². The average Bonchev–Trinajstić information content (AvgIpc) is 2.73. The summed E-state index contributed by atoms with van der Waals surface area (Å²) in [6.07, 6.45) is 4.15. The number of hydrogen-bond donors (Lipinski definition) is 0. The Labute approximate surface area is 120 Å². The van der Waals surface area contributed by atoms with E-state index in [1.807, 2.05) is 0 Å². The quantitative estimate of drug-likeness (QED) is 0.694. The number of amides is 2. The Morgan fingerprint density at radius 2 is 1.53 bits per heavy atom. The maximum Gasteiger partial charge on any atom is 0.269 e. The fourth-order valence-corrected chi connectivity index (χ4v) is 5.24. The summed E-state index contributed by atoms with van der Waals surface area (Å²) in [5, 5.41) is 9.54. The number of hydrogen-bond acceptors (Lipinski definition) is 5. The minimum Gasteiger partial charge on any atom is -0.268 e. The second-order valence-electron chi connectivity index (χ2n) is 5.00. The zero-order valence-electron chi connectivity index (χ0n) is 10.5.